The largest absolute Gasteiger partial charge is 0.303 e. The standard InChI is InChI=1S/C18H28BrN/c1-14(2)15-9-11-18(12-10-15,20(3)4)13-16-7-5-6-8-17(16)19/h5-8,14-15H,9-13H2,1-4H3. The SMILES string of the molecule is CC(C)C1CCC(Cc2ccccc2Br)(N(C)C)CC1. The molecule has 1 aliphatic carbocycles. The summed E-state index contributed by atoms with van der Waals surface area (Å²) in [5.41, 5.74) is 1.79. The van der Waals surface area contributed by atoms with Crippen molar-refractivity contribution in [2.24, 2.45) is 11.8 Å². The third-order valence-electron chi connectivity index (χ3n) is 5.33. The molecule has 0 atom stereocenters. The summed E-state index contributed by atoms with van der Waals surface area (Å²) in [5, 5.41) is 0. The number of benzene rings is 1. The van der Waals surface area contributed by atoms with Gasteiger partial charge in [-0.3, -0.25) is 0 Å². The lowest BCUT2D eigenvalue weighted by molar-refractivity contribution is 0.0682. The molecule has 0 saturated heterocycles. The van der Waals surface area contributed by atoms with Crippen molar-refractivity contribution in [1.82, 2.24) is 4.90 Å². The second-order valence-electron chi connectivity index (χ2n) is 6.97. The van der Waals surface area contributed by atoms with Gasteiger partial charge in [-0.25, -0.2) is 0 Å². The lowest BCUT2D eigenvalue weighted by Crippen LogP contribution is -2.49. The molecule has 1 aliphatic rings. The van der Waals surface area contributed by atoms with E-state index >= 15 is 0 Å². The molecule has 0 N–H and O–H groups in total. The normalized spacial score (nSPS) is 27.2. The predicted molar refractivity (Wildman–Crippen MR) is 91.1 cm³/mol. The molecule has 1 nitrogen and oxygen atoms in total. The molecule has 112 valence electrons. The van der Waals surface area contributed by atoms with Crippen LogP contribution in [-0.2, 0) is 6.42 Å². The number of hydrogen-bond donors (Lipinski definition) is 0. The number of nitrogens with zero attached hydrogens (tertiary/aromatic N) is 1. The van der Waals surface area contributed by atoms with E-state index in [4.69, 9.17) is 0 Å². The van der Waals surface area contributed by atoms with Crippen molar-refractivity contribution < 1.29 is 0 Å². The molecule has 20 heavy (non-hydrogen) atoms. The maximum absolute atomic E-state index is 3.71. The summed E-state index contributed by atoms with van der Waals surface area (Å²) in [6, 6.07) is 8.69. The highest BCUT2D eigenvalue weighted by Gasteiger charge is 2.38. The highest BCUT2D eigenvalue weighted by atomic mass is 79.9. The monoisotopic (exact) mass is 337 g/mol. The molecule has 1 aromatic rings. The van der Waals surface area contributed by atoms with Gasteiger partial charge in [0.15, 0.2) is 0 Å². The third kappa shape index (κ3) is 3.46. The molecule has 1 saturated carbocycles. The van der Waals surface area contributed by atoms with E-state index in [0.717, 1.165) is 18.3 Å². The van der Waals surface area contributed by atoms with Gasteiger partial charge >= 0.3 is 0 Å². The minimum absolute atomic E-state index is 0.343. The van der Waals surface area contributed by atoms with E-state index in [9.17, 15) is 0 Å². The molecule has 0 unspecified atom stereocenters. The maximum atomic E-state index is 3.71. The van der Waals surface area contributed by atoms with E-state index in [1.54, 1.807) is 0 Å². The van der Waals surface area contributed by atoms with E-state index < -0.39 is 0 Å². The summed E-state index contributed by atoms with van der Waals surface area (Å²) in [4.78, 5) is 2.48. The molecule has 1 aromatic carbocycles. The van der Waals surface area contributed by atoms with Gasteiger partial charge in [0, 0.05) is 10.0 Å². The van der Waals surface area contributed by atoms with Crippen LogP contribution in [0.5, 0.6) is 0 Å². The Labute approximate surface area is 132 Å². The Hall–Kier alpha value is -0.340. The lowest BCUT2D eigenvalue weighted by atomic mass is 9.70. The zero-order valence-corrected chi connectivity index (χ0v) is 14.9. The molecule has 0 aliphatic heterocycles. The molecule has 0 spiro atoms. The Balaban J connectivity index is 2.14. The zero-order valence-electron chi connectivity index (χ0n) is 13.3. The van der Waals surface area contributed by atoms with Crippen molar-refractivity contribution in [3.63, 3.8) is 0 Å². The van der Waals surface area contributed by atoms with Crippen LogP contribution in [0.15, 0.2) is 28.7 Å². The Morgan fingerprint density at radius 3 is 2.30 bits per heavy atom. The van der Waals surface area contributed by atoms with Crippen LogP contribution in [-0.4, -0.2) is 24.5 Å². The van der Waals surface area contributed by atoms with E-state index in [1.165, 1.54) is 35.7 Å². The second-order valence-corrected chi connectivity index (χ2v) is 7.82. The van der Waals surface area contributed by atoms with Crippen LogP contribution < -0.4 is 0 Å². The number of likely N-dealkylation sites (N-methyl/N-ethyl adjacent to an activating group) is 1. The average Bonchev–Trinajstić information content (AvgIpc) is 2.42. The van der Waals surface area contributed by atoms with Gasteiger partial charge in [0.1, 0.15) is 0 Å². The van der Waals surface area contributed by atoms with Gasteiger partial charge < -0.3 is 4.90 Å². The summed E-state index contributed by atoms with van der Waals surface area (Å²) in [6.45, 7) is 4.75. The van der Waals surface area contributed by atoms with Gasteiger partial charge in [-0.05, 0) is 69.7 Å². The van der Waals surface area contributed by atoms with E-state index in [1.807, 2.05) is 0 Å². The van der Waals surface area contributed by atoms with Crippen LogP contribution in [0, 0.1) is 11.8 Å². The van der Waals surface area contributed by atoms with E-state index in [0.29, 0.717) is 5.54 Å². The third-order valence-corrected chi connectivity index (χ3v) is 6.10. The fourth-order valence-electron chi connectivity index (χ4n) is 3.62. The van der Waals surface area contributed by atoms with E-state index in [-0.39, 0.29) is 0 Å². The number of hydrogen-bond acceptors (Lipinski definition) is 1. The van der Waals surface area contributed by atoms with Gasteiger partial charge in [-0.2, -0.15) is 0 Å². The lowest BCUT2D eigenvalue weighted by Gasteiger charge is -2.46. The van der Waals surface area contributed by atoms with Gasteiger partial charge in [0.05, 0.1) is 0 Å². The highest BCUT2D eigenvalue weighted by Crippen LogP contribution is 2.41. The maximum Gasteiger partial charge on any atom is 0.0244 e. The summed E-state index contributed by atoms with van der Waals surface area (Å²) in [7, 11) is 4.51. The Morgan fingerprint density at radius 1 is 1.20 bits per heavy atom. The first kappa shape index (κ1) is 16.0. The van der Waals surface area contributed by atoms with Crippen LogP contribution in [0.1, 0.15) is 45.1 Å². The summed E-state index contributed by atoms with van der Waals surface area (Å²) in [6.07, 6.45) is 6.56. The van der Waals surface area contributed by atoms with Gasteiger partial charge in [0.2, 0.25) is 0 Å². The van der Waals surface area contributed by atoms with Gasteiger partial charge in [-0.1, -0.05) is 48.0 Å². The molecule has 1 fully saturated rings. The quantitative estimate of drug-likeness (QED) is 0.735. The Kier molecular flexibility index (Phi) is 5.30. The molecule has 2 rings (SSSR count). The van der Waals surface area contributed by atoms with Gasteiger partial charge in [-0.15, -0.1) is 0 Å². The first-order valence-corrected chi connectivity index (χ1v) is 8.65. The first-order chi connectivity index (χ1) is 9.44. The van der Waals surface area contributed by atoms with Crippen molar-refractivity contribution in [2.75, 3.05) is 14.1 Å². The van der Waals surface area contributed by atoms with Crippen LogP contribution in [0.4, 0.5) is 0 Å². The molecule has 0 aromatic heterocycles. The topological polar surface area (TPSA) is 3.24 Å². The van der Waals surface area contributed by atoms with E-state index in [2.05, 4.69) is 73.0 Å². The van der Waals surface area contributed by atoms with Crippen molar-refractivity contribution in [3.05, 3.63) is 34.3 Å². The zero-order chi connectivity index (χ0) is 14.8. The van der Waals surface area contributed by atoms with Crippen molar-refractivity contribution in [1.29, 1.82) is 0 Å². The Bertz CT molecular complexity index is 431. The molecule has 0 bridgehead atoms. The first-order valence-electron chi connectivity index (χ1n) is 7.85. The molecule has 0 radical (unpaired) electrons. The van der Waals surface area contributed by atoms with Crippen LogP contribution in [0.3, 0.4) is 0 Å². The smallest absolute Gasteiger partial charge is 0.0244 e. The molecule has 2 heteroatoms. The van der Waals surface area contributed by atoms with Crippen LogP contribution in [0.25, 0.3) is 0 Å². The fourth-order valence-corrected chi connectivity index (χ4v) is 4.05. The minimum Gasteiger partial charge on any atom is -0.303 e. The van der Waals surface area contributed by atoms with Crippen molar-refractivity contribution in [3.8, 4) is 0 Å². The molecule has 0 amide bonds. The van der Waals surface area contributed by atoms with Crippen LogP contribution in [0.2, 0.25) is 0 Å². The molecular weight excluding hydrogens is 310 g/mol. The minimum atomic E-state index is 0.343. The Morgan fingerprint density at radius 2 is 1.80 bits per heavy atom. The molecular formula is C18H28BrN. The molecule has 0 heterocycles. The second kappa shape index (κ2) is 6.62. The predicted octanol–water partition coefficient (Wildman–Crippen LogP) is 5.14. The fraction of sp³-hybridized carbons (Fsp3) is 0.667. The van der Waals surface area contributed by atoms with Crippen molar-refractivity contribution >= 4 is 15.9 Å². The summed E-state index contributed by atoms with van der Waals surface area (Å²) < 4.78 is 1.26. The summed E-state index contributed by atoms with van der Waals surface area (Å²) in [5.74, 6) is 1.75. The number of halogens is 1. The van der Waals surface area contributed by atoms with Crippen LogP contribution >= 0.6 is 15.9 Å². The van der Waals surface area contributed by atoms with Crippen molar-refractivity contribution in [2.45, 2.75) is 51.5 Å². The average molecular weight is 338 g/mol. The number of rotatable bonds is 4. The van der Waals surface area contributed by atoms with Gasteiger partial charge in [0.25, 0.3) is 0 Å². The highest BCUT2D eigenvalue weighted by molar-refractivity contribution is 9.10. The summed E-state index contributed by atoms with van der Waals surface area (Å²) >= 11 is 3.71.